The molecule has 6 heteroatoms. The molecule has 0 amide bonds. The minimum atomic E-state index is -0.400. The summed E-state index contributed by atoms with van der Waals surface area (Å²) >= 11 is 0. The van der Waals surface area contributed by atoms with Crippen LogP contribution >= 0.6 is 0 Å². The molecule has 0 radical (unpaired) electrons. The number of benzene rings is 1. The van der Waals surface area contributed by atoms with Gasteiger partial charge in [-0.05, 0) is 19.9 Å². The van der Waals surface area contributed by atoms with E-state index in [1.54, 1.807) is 13.2 Å². The van der Waals surface area contributed by atoms with Crippen LogP contribution in [0.1, 0.15) is 41.5 Å². The van der Waals surface area contributed by atoms with Crippen LogP contribution in [-0.4, -0.2) is 49.2 Å². The summed E-state index contributed by atoms with van der Waals surface area (Å²) in [6, 6.07) is 5.36. The van der Waals surface area contributed by atoms with E-state index < -0.39 is 4.92 Å². The Bertz CT molecular complexity index is 484. The lowest BCUT2D eigenvalue weighted by Gasteiger charge is -2.38. The summed E-state index contributed by atoms with van der Waals surface area (Å²) in [4.78, 5) is 15.1. The second-order valence-electron chi connectivity index (χ2n) is 5.23. The summed E-state index contributed by atoms with van der Waals surface area (Å²) in [5.74, 6) is 0.567. The maximum atomic E-state index is 10.8. The summed E-state index contributed by atoms with van der Waals surface area (Å²) in [6.07, 6.45) is 0. The molecule has 1 fully saturated rings. The number of non-ortho nitro benzene ring substituents is 1. The zero-order valence-corrected chi connectivity index (χ0v) is 16.2. The normalized spacial score (nSPS) is 14.2. The highest BCUT2D eigenvalue weighted by Gasteiger charge is 2.22. The maximum absolute atomic E-state index is 10.8. The van der Waals surface area contributed by atoms with Crippen LogP contribution in [0.4, 0.5) is 11.4 Å². The molecule has 1 heterocycles. The van der Waals surface area contributed by atoms with Crippen molar-refractivity contribution < 1.29 is 9.66 Å². The van der Waals surface area contributed by atoms with E-state index in [9.17, 15) is 10.1 Å². The van der Waals surface area contributed by atoms with Gasteiger partial charge in [0.1, 0.15) is 5.75 Å². The SMILES string of the molecule is CC.CC.COc1cc([N+](=O)[O-])ccc1N1CCN(C(C)C)CC1. The number of nitro groups is 1. The molecule has 0 saturated carbocycles. The molecule has 0 atom stereocenters. The number of nitrogens with zero attached hydrogens (tertiary/aromatic N) is 3. The summed E-state index contributed by atoms with van der Waals surface area (Å²) in [7, 11) is 1.55. The molecule has 2 rings (SSSR count). The van der Waals surface area contributed by atoms with Crippen LogP contribution in [0.25, 0.3) is 0 Å². The predicted molar refractivity (Wildman–Crippen MR) is 101 cm³/mol. The van der Waals surface area contributed by atoms with Gasteiger partial charge in [0, 0.05) is 38.3 Å². The Labute approximate surface area is 146 Å². The second-order valence-corrected chi connectivity index (χ2v) is 5.23. The topological polar surface area (TPSA) is 58.9 Å². The van der Waals surface area contributed by atoms with Crippen LogP contribution in [0.15, 0.2) is 18.2 Å². The first kappa shape index (κ1) is 22.2. The zero-order valence-electron chi connectivity index (χ0n) is 16.2. The second kappa shape index (κ2) is 11.7. The third-order valence-corrected chi connectivity index (χ3v) is 3.76. The fraction of sp³-hybridized carbons (Fsp3) is 0.667. The molecule has 0 spiro atoms. The average molecular weight is 339 g/mol. The molecule has 1 aliphatic rings. The Balaban J connectivity index is 0.00000123. The zero-order chi connectivity index (χ0) is 18.7. The highest BCUT2D eigenvalue weighted by Crippen LogP contribution is 2.32. The van der Waals surface area contributed by atoms with E-state index in [0.29, 0.717) is 11.8 Å². The van der Waals surface area contributed by atoms with E-state index >= 15 is 0 Å². The first-order valence-electron chi connectivity index (χ1n) is 8.84. The Hall–Kier alpha value is -1.82. The predicted octanol–water partition coefficient (Wildman–Crippen LogP) is 4.19. The number of hydrogen-bond acceptors (Lipinski definition) is 5. The van der Waals surface area contributed by atoms with Crippen LogP contribution in [0.3, 0.4) is 0 Å². The van der Waals surface area contributed by atoms with Gasteiger partial charge in [0.05, 0.1) is 23.8 Å². The summed E-state index contributed by atoms with van der Waals surface area (Å²) in [6.45, 7) is 16.2. The van der Waals surface area contributed by atoms with Gasteiger partial charge in [0.2, 0.25) is 0 Å². The van der Waals surface area contributed by atoms with E-state index in [2.05, 4.69) is 23.6 Å². The molecule has 1 saturated heterocycles. The van der Waals surface area contributed by atoms with Crippen molar-refractivity contribution >= 4 is 11.4 Å². The van der Waals surface area contributed by atoms with Crippen molar-refractivity contribution in [3.8, 4) is 5.75 Å². The van der Waals surface area contributed by atoms with Gasteiger partial charge < -0.3 is 9.64 Å². The molecule has 1 aromatic carbocycles. The van der Waals surface area contributed by atoms with Gasteiger partial charge in [-0.2, -0.15) is 0 Å². The fourth-order valence-corrected chi connectivity index (χ4v) is 2.52. The van der Waals surface area contributed by atoms with Crippen molar-refractivity contribution in [1.82, 2.24) is 4.90 Å². The van der Waals surface area contributed by atoms with Crippen LogP contribution in [-0.2, 0) is 0 Å². The lowest BCUT2D eigenvalue weighted by molar-refractivity contribution is -0.384. The third kappa shape index (κ3) is 6.00. The molecule has 1 aliphatic heterocycles. The largest absolute Gasteiger partial charge is 0.494 e. The van der Waals surface area contributed by atoms with Gasteiger partial charge in [0.15, 0.2) is 0 Å². The van der Waals surface area contributed by atoms with E-state index in [1.807, 2.05) is 27.7 Å². The Kier molecular flexibility index (Phi) is 10.8. The quantitative estimate of drug-likeness (QED) is 0.608. The van der Waals surface area contributed by atoms with Gasteiger partial charge >= 0.3 is 0 Å². The molecule has 0 N–H and O–H groups in total. The Morgan fingerprint density at radius 3 is 2.04 bits per heavy atom. The van der Waals surface area contributed by atoms with Crippen LogP contribution in [0.5, 0.6) is 5.75 Å². The van der Waals surface area contributed by atoms with Gasteiger partial charge in [-0.3, -0.25) is 15.0 Å². The minimum Gasteiger partial charge on any atom is -0.494 e. The highest BCUT2D eigenvalue weighted by atomic mass is 16.6. The highest BCUT2D eigenvalue weighted by molar-refractivity contribution is 5.62. The van der Waals surface area contributed by atoms with Gasteiger partial charge in [0.25, 0.3) is 5.69 Å². The number of piperazine rings is 1. The van der Waals surface area contributed by atoms with Gasteiger partial charge in [-0.15, -0.1) is 0 Å². The van der Waals surface area contributed by atoms with Gasteiger partial charge in [-0.1, -0.05) is 27.7 Å². The van der Waals surface area contributed by atoms with E-state index in [0.717, 1.165) is 31.9 Å². The first-order chi connectivity index (χ1) is 11.5. The molecular weight excluding hydrogens is 306 g/mol. The van der Waals surface area contributed by atoms with Crippen LogP contribution in [0.2, 0.25) is 0 Å². The molecule has 0 aromatic heterocycles. The van der Waals surface area contributed by atoms with Crippen molar-refractivity contribution in [1.29, 1.82) is 0 Å². The molecule has 1 aromatic rings. The molecule has 138 valence electrons. The summed E-state index contributed by atoms with van der Waals surface area (Å²) in [5.41, 5.74) is 0.993. The summed E-state index contributed by atoms with van der Waals surface area (Å²) in [5, 5.41) is 10.8. The fourth-order valence-electron chi connectivity index (χ4n) is 2.52. The molecule has 24 heavy (non-hydrogen) atoms. The van der Waals surface area contributed by atoms with Crippen LogP contribution in [0, 0.1) is 10.1 Å². The standard InChI is InChI=1S/C14H21N3O3.2C2H6/c1-11(2)15-6-8-16(9-7-15)13-5-4-12(17(18)19)10-14(13)20-3;2*1-2/h4-5,10-11H,6-9H2,1-3H3;2*1-2H3. The minimum absolute atomic E-state index is 0.0615. The van der Waals surface area contributed by atoms with Crippen molar-refractivity contribution in [2.24, 2.45) is 0 Å². The lowest BCUT2D eigenvalue weighted by atomic mass is 10.2. The molecule has 6 nitrogen and oxygen atoms in total. The number of methoxy groups -OCH3 is 1. The number of hydrogen-bond donors (Lipinski definition) is 0. The van der Waals surface area contributed by atoms with E-state index in [1.165, 1.54) is 12.1 Å². The van der Waals surface area contributed by atoms with Gasteiger partial charge in [-0.25, -0.2) is 0 Å². The number of nitro benzene ring substituents is 1. The number of anilines is 1. The van der Waals surface area contributed by atoms with E-state index in [-0.39, 0.29) is 5.69 Å². The smallest absolute Gasteiger partial charge is 0.273 e. The van der Waals surface area contributed by atoms with Crippen molar-refractivity contribution in [2.75, 3.05) is 38.2 Å². The third-order valence-electron chi connectivity index (χ3n) is 3.76. The molecule has 0 bridgehead atoms. The van der Waals surface area contributed by atoms with Crippen molar-refractivity contribution in [2.45, 2.75) is 47.6 Å². The summed E-state index contributed by atoms with van der Waals surface area (Å²) < 4.78 is 5.30. The monoisotopic (exact) mass is 339 g/mol. The first-order valence-corrected chi connectivity index (χ1v) is 8.84. The van der Waals surface area contributed by atoms with E-state index in [4.69, 9.17) is 4.74 Å². The average Bonchev–Trinajstić information content (AvgIpc) is 2.64. The number of rotatable bonds is 4. The maximum Gasteiger partial charge on any atom is 0.273 e. The van der Waals surface area contributed by atoms with Crippen molar-refractivity contribution in [3.63, 3.8) is 0 Å². The Morgan fingerprint density at radius 1 is 1.08 bits per heavy atom. The van der Waals surface area contributed by atoms with Crippen LogP contribution < -0.4 is 9.64 Å². The lowest BCUT2D eigenvalue weighted by Crippen LogP contribution is -2.49. The van der Waals surface area contributed by atoms with Crippen molar-refractivity contribution in [3.05, 3.63) is 28.3 Å². The molecule has 0 unspecified atom stereocenters. The number of ether oxygens (including phenoxy) is 1. The molecular formula is C18H33N3O3. The Morgan fingerprint density at radius 2 is 1.62 bits per heavy atom. The molecule has 0 aliphatic carbocycles.